The number of ether oxygens (including phenoxy) is 1. The largest absolute Gasteiger partial charge is 0.462 e. The van der Waals surface area contributed by atoms with Gasteiger partial charge in [-0.05, 0) is 42.2 Å². The molecule has 0 saturated heterocycles. The van der Waals surface area contributed by atoms with E-state index in [2.05, 4.69) is 36.1 Å². The highest BCUT2D eigenvalue weighted by Gasteiger charge is 2.35. The number of fused-ring (bicyclic) bond motifs is 1. The van der Waals surface area contributed by atoms with Crippen LogP contribution in [-0.4, -0.2) is 27.2 Å². The molecule has 2 heterocycles. The standard InChI is InChI=1S/C22H25N3O3/c1-4-28-21(27)16-13-23-25-19(26)12-18(24-20(16)25)15-9-7-14(8-10-15)17-6-5-11-22(17,2)3/h7-10,12-13,17,24H,4-6,11H2,1-3H3/t17-/m1/s1. The molecule has 1 N–H and O–H groups in total. The number of carbonyl (C=O) groups excluding carboxylic acids is 1. The van der Waals surface area contributed by atoms with Crippen LogP contribution in [0.4, 0.5) is 0 Å². The third-order valence-electron chi connectivity index (χ3n) is 5.88. The number of rotatable bonds is 4. The molecule has 6 nitrogen and oxygen atoms in total. The normalized spacial score (nSPS) is 18.5. The van der Waals surface area contributed by atoms with Crippen LogP contribution >= 0.6 is 0 Å². The van der Waals surface area contributed by atoms with Gasteiger partial charge in [0.2, 0.25) is 0 Å². The topological polar surface area (TPSA) is 76.5 Å². The lowest BCUT2D eigenvalue weighted by Gasteiger charge is -2.27. The number of H-pyrrole nitrogens is 1. The van der Waals surface area contributed by atoms with Crippen LogP contribution in [0.2, 0.25) is 0 Å². The van der Waals surface area contributed by atoms with Crippen LogP contribution in [0.1, 0.15) is 61.9 Å². The lowest BCUT2D eigenvalue weighted by Crippen LogP contribution is -2.16. The monoisotopic (exact) mass is 379 g/mol. The SMILES string of the molecule is CCOC(=O)c1cnn2c(=O)cc(-c3ccc([C@H]4CCCC4(C)C)cc3)[nH]c12. The Kier molecular flexibility index (Phi) is 4.57. The molecule has 2 aromatic heterocycles. The second kappa shape index (κ2) is 6.93. The van der Waals surface area contributed by atoms with Crippen LogP contribution in [0.5, 0.6) is 0 Å². The van der Waals surface area contributed by atoms with Crippen molar-refractivity contribution in [1.29, 1.82) is 0 Å². The molecule has 0 bridgehead atoms. The number of aromatic nitrogens is 3. The quantitative estimate of drug-likeness (QED) is 0.691. The van der Waals surface area contributed by atoms with Crippen molar-refractivity contribution in [1.82, 2.24) is 14.6 Å². The minimum atomic E-state index is -0.496. The first kappa shape index (κ1) is 18.5. The van der Waals surface area contributed by atoms with Crippen molar-refractivity contribution in [3.8, 4) is 11.3 Å². The molecule has 1 saturated carbocycles. The van der Waals surface area contributed by atoms with Crippen molar-refractivity contribution in [2.45, 2.75) is 46.0 Å². The van der Waals surface area contributed by atoms with Crippen molar-refractivity contribution in [2.24, 2.45) is 5.41 Å². The molecule has 0 radical (unpaired) electrons. The van der Waals surface area contributed by atoms with Gasteiger partial charge < -0.3 is 9.72 Å². The lowest BCUT2D eigenvalue weighted by atomic mass is 9.77. The van der Waals surface area contributed by atoms with E-state index in [0.29, 0.717) is 22.7 Å². The fourth-order valence-electron chi connectivity index (χ4n) is 4.34. The molecular formula is C22H25N3O3. The van der Waals surface area contributed by atoms with Crippen LogP contribution < -0.4 is 5.56 Å². The Labute approximate surface area is 163 Å². The van der Waals surface area contributed by atoms with Crippen LogP contribution in [0.15, 0.2) is 41.3 Å². The van der Waals surface area contributed by atoms with Crippen LogP contribution in [0.25, 0.3) is 16.9 Å². The van der Waals surface area contributed by atoms with E-state index in [0.717, 1.165) is 5.56 Å². The molecule has 0 spiro atoms. The van der Waals surface area contributed by atoms with Gasteiger partial charge in [-0.2, -0.15) is 9.61 Å². The molecule has 28 heavy (non-hydrogen) atoms. The summed E-state index contributed by atoms with van der Waals surface area (Å²) in [6, 6.07) is 9.87. The van der Waals surface area contributed by atoms with Gasteiger partial charge in [-0.25, -0.2) is 4.79 Å². The van der Waals surface area contributed by atoms with Gasteiger partial charge in [-0.1, -0.05) is 44.5 Å². The van der Waals surface area contributed by atoms with E-state index < -0.39 is 5.97 Å². The fraction of sp³-hybridized carbons (Fsp3) is 0.409. The minimum Gasteiger partial charge on any atom is -0.462 e. The van der Waals surface area contributed by atoms with E-state index in [4.69, 9.17) is 4.74 Å². The molecule has 1 atom stereocenters. The number of carbonyl (C=O) groups is 1. The molecule has 6 heteroatoms. The van der Waals surface area contributed by atoms with E-state index in [1.165, 1.54) is 41.6 Å². The number of benzene rings is 1. The number of nitrogens with zero attached hydrogens (tertiary/aromatic N) is 2. The molecule has 1 aromatic carbocycles. The Balaban J connectivity index is 1.72. The maximum absolute atomic E-state index is 12.5. The second-order valence-electron chi connectivity index (χ2n) is 8.12. The van der Waals surface area contributed by atoms with Gasteiger partial charge >= 0.3 is 5.97 Å². The van der Waals surface area contributed by atoms with Gasteiger partial charge in [0.25, 0.3) is 5.56 Å². The maximum atomic E-state index is 12.5. The molecule has 0 aliphatic heterocycles. The van der Waals surface area contributed by atoms with Crippen LogP contribution in [0.3, 0.4) is 0 Å². The summed E-state index contributed by atoms with van der Waals surface area (Å²) >= 11 is 0. The summed E-state index contributed by atoms with van der Waals surface area (Å²) in [5.41, 5.74) is 3.52. The van der Waals surface area contributed by atoms with Crippen LogP contribution in [0, 0.1) is 5.41 Å². The van der Waals surface area contributed by atoms with Gasteiger partial charge in [0.05, 0.1) is 18.5 Å². The first-order valence-electron chi connectivity index (χ1n) is 9.79. The first-order valence-corrected chi connectivity index (χ1v) is 9.79. The Hall–Kier alpha value is -2.89. The Morgan fingerprint density at radius 1 is 1.32 bits per heavy atom. The molecule has 146 valence electrons. The highest BCUT2D eigenvalue weighted by molar-refractivity contribution is 5.95. The van der Waals surface area contributed by atoms with Gasteiger partial charge in [0, 0.05) is 6.07 Å². The van der Waals surface area contributed by atoms with Gasteiger partial charge in [0.15, 0.2) is 5.65 Å². The predicted molar refractivity (Wildman–Crippen MR) is 108 cm³/mol. The fourth-order valence-corrected chi connectivity index (χ4v) is 4.34. The van der Waals surface area contributed by atoms with Gasteiger partial charge in [-0.3, -0.25) is 4.79 Å². The van der Waals surface area contributed by atoms with Crippen molar-refractivity contribution in [3.05, 3.63) is 58.0 Å². The van der Waals surface area contributed by atoms with E-state index in [1.54, 1.807) is 6.92 Å². The summed E-state index contributed by atoms with van der Waals surface area (Å²) < 4.78 is 6.24. The average molecular weight is 379 g/mol. The molecule has 0 amide bonds. The van der Waals surface area contributed by atoms with E-state index in [-0.39, 0.29) is 17.7 Å². The Bertz CT molecular complexity index is 1080. The molecule has 1 aliphatic carbocycles. The van der Waals surface area contributed by atoms with E-state index in [1.807, 2.05) is 12.1 Å². The second-order valence-corrected chi connectivity index (χ2v) is 8.12. The molecule has 4 rings (SSSR count). The first-order chi connectivity index (χ1) is 13.4. The molecule has 0 unspecified atom stereocenters. The number of hydrogen-bond acceptors (Lipinski definition) is 4. The highest BCUT2D eigenvalue weighted by atomic mass is 16.5. The van der Waals surface area contributed by atoms with Crippen molar-refractivity contribution in [2.75, 3.05) is 6.61 Å². The molecule has 3 aromatic rings. The summed E-state index contributed by atoms with van der Waals surface area (Å²) in [5, 5.41) is 4.01. The van der Waals surface area contributed by atoms with Crippen LogP contribution in [-0.2, 0) is 4.74 Å². The van der Waals surface area contributed by atoms with Crippen molar-refractivity contribution in [3.63, 3.8) is 0 Å². The summed E-state index contributed by atoms with van der Waals surface area (Å²) in [6.07, 6.45) is 5.09. The van der Waals surface area contributed by atoms with Crippen molar-refractivity contribution < 1.29 is 9.53 Å². The smallest absolute Gasteiger partial charge is 0.343 e. The minimum absolute atomic E-state index is 0.255. The molecule has 1 aliphatic rings. The zero-order valence-corrected chi connectivity index (χ0v) is 16.5. The summed E-state index contributed by atoms with van der Waals surface area (Å²) in [6.45, 7) is 6.67. The lowest BCUT2D eigenvalue weighted by molar-refractivity contribution is 0.0528. The third kappa shape index (κ3) is 3.13. The van der Waals surface area contributed by atoms with E-state index in [9.17, 15) is 9.59 Å². The molecule has 1 fully saturated rings. The summed E-state index contributed by atoms with van der Waals surface area (Å²) in [5.74, 6) is 0.0671. The number of nitrogens with one attached hydrogen (secondary N) is 1. The Morgan fingerprint density at radius 3 is 2.71 bits per heavy atom. The maximum Gasteiger partial charge on any atom is 0.343 e. The summed E-state index contributed by atoms with van der Waals surface area (Å²) in [7, 11) is 0. The number of aromatic amines is 1. The molecular weight excluding hydrogens is 354 g/mol. The Morgan fingerprint density at radius 2 is 2.07 bits per heavy atom. The van der Waals surface area contributed by atoms with Gasteiger partial charge in [-0.15, -0.1) is 0 Å². The zero-order valence-electron chi connectivity index (χ0n) is 16.5. The average Bonchev–Trinajstić information content (AvgIpc) is 3.25. The van der Waals surface area contributed by atoms with Gasteiger partial charge in [0.1, 0.15) is 5.56 Å². The zero-order chi connectivity index (χ0) is 19.9. The predicted octanol–water partition coefficient (Wildman–Crippen LogP) is 4.16. The number of hydrogen-bond donors (Lipinski definition) is 1. The third-order valence-corrected chi connectivity index (χ3v) is 5.88. The number of esters is 1. The van der Waals surface area contributed by atoms with Crippen molar-refractivity contribution >= 4 is 11.6 Å². The highest BCUT2D eigenvalue weighted by Crippen LogP contribution is 2.48. The summed E-state index contributed by atoms with van der Waals surface area (Å²) in [4.78, 5) is 27.8. The van der Waals surface area contributed by atoms with E-state index >= 15 is 0 Å².